The third kappa shape index (κ3) is 24.7. The van der Waals surface area contributed by atoms with E-state index in [1.165, 1.54) is 25.8 Å². The number of quaternary nitrogens is 1. The van der Waals surface area contributed by atoms with E-state index in [0.29, 0.717) is 6.42 Å². The quantitative estimate of drug-likeness (QED) is 0.498. The predicted molar refractivity (Wildman–Crippen MR) is 62.3 cm³/mol. The predicted octanol–water partition coefficient (Wildman–Crippen LogP) is 1.42. The summed E-state index contributed by atoms with van der Waals surface area (Å²) in [6.07, 6.45) is 4.94. The molecule has 0 aromatic rings. The molecule has 0 amide bonds. The number of rotatable bonds is 6. The highest BCUT2D eigenvalue weighted by molar-refractivity contribution is 5.63. The standard InChI is InChI=1S/C8H20N.C4H8O2/c1-5-6-7-8-9(2,3)4;1-2-3-4(5)6/h5-8H2,1-4H3;2-3H2,1H3,(H,5,6)/q+1;/p-1. The number of unbranched alkanes of at least 4 members (excludes halogenated alkanes) is 2. The Hall–Kier alpha value is -0.570. The van der Waals surface area contributed by atoms with Crippen LogP contribution < -0.4 is 5.11 Å². The smallest absolute Gasteiger partial charge is 0.0780 e. The summed E-state index contributed by atoms with van der Waals surface area (Å²) >= 11 is 0. The Morgan fingerprint density at radius 3 is 1.80 bits per heavy atom. The van der Waals surface area contributed by atoms with Crippen LogP contribution in [0.5, 0.6) is 0 Å². The van der Waals surface area contributed by atoms with Gasteiger partial charge in [0.25, 0.3) is 0 Å². The average Bonchev–Trinajstić information content (AvgIpc) is 2.03. The van der Waals surface area contributed by atoms with Crippen molar-refractivity contribution in [2.45, 2.75) is 46.0 Å². The molecule has 0 spiro atoms. The molecular formula is C12H27NO2. The van der Waals surface area contributed by atoms with Crippen LogP contribution in [-0.4, -0.2) is 38.1 Å². The number of nitrogens with zero attached hydrogens (tertiary/aromatic N) is 1. The molecule has 0 saturated heterocycles. The Labute approximate surface area is 94.7 Å². The zero-order valence-corrected chi connectivity index (χ0v) is 11.0. The molecule has 0 aliphatic heterocycles. The summed E-state index contributed by atoms with van der Waals surface area (Å²) in [5.74, 6) is -0.961. The van der Waals surface area contributed by atoms with E-state index in [9.17, 15) is 9.90 Å². The molecule has 0 aliphatic carbocycles. The lowest BCUT2D eigenvalue weighted by molar-refractivity contribution is -0.870. The Kier molecular flexibility index (Phi) is 11.2. The van der Waals surface area contributed by atoms with Crippen molar-refractivity contribution in [1.29, 1.82) is 0 Å². The van der Waals surface area contributed by atoms with E-state index >= 15 is 0 Å². The van der Waals surface area contributed by atoms with Crippen molar-refractivity contribution in [2.24, 2.45) is 0 Å². The number of carbonyl (C=O) groups is 1. The Morgan fingerprint density at radius 1 is 1.07 bits per heavy atom. The van der Waals surface area contributed by atoms with Gasteiger partial charge in [-0.15, -0.1) is 0 Å². The molecule has 0 aromatic carbocycles. The van der Waals surface area contributed by atoms with Crippen molar-refractivity contribution in [3.63, 3.8) is 0 Å². The molecule has 0 aromatic heterocycles. The first kappa shape index (κ1) is 16.8. The second-order valence-corrected chi connectivity index (χ2v) is 4.84. The Bertz CT molecular complexity index is 150. The maximum absolute atomic E-state index is 9.49. The van der Waals surface area contributed by atoms with E-state index in [1.807, 2.05) is 0 Å². The summed E-state index contributed by atoms with van der Waals surface area (Å²) in [6.45, 7) is 5.36. The number of carboxylic acids is 1. The van der Waals surface area contributed by atoms with E-state index in [2.05, 4.69) is 28.1 Å². The molecule has 0 rings (SSSR count). The zero-order valence-electron chi connectivity index (χ0n) is 11.0. The minimum Gasteiger partial charge on any atom is -0.550 e. The highest BCUT2D eigenvalue weighted by Gasteiger charge is 2.03. The maximum Gasteiger partial charge on any atom is 0.0780 e. The highest BCUT2D eigenvalue weighted by Crippen LogP contribution is 1.98. The van der Waals surface area contributed by atoms with E-state index in [4.69, 9.17) is 0 Å². The summed E-state index contributed by atoms with van der Waals surface area (Å²) in [6, 6.07) is 0. The van der Waals surface area contributed by atoms with Crippen LogP contribution in [0.4, 0.5) is 0 Å². The van der Waals surface area contributed by atoms with Gasteiger partial charge in [-0.25, -0.2) is 0 Å². The largest absolute Gasteiger partial charge is 0.550 e. The summed E-state index contributed by atoms with van der Waals surface area (Å²) in [5, 5.41) is 9.49. The third-order valence-corrected chi connectivity index (χ3v) is 1.89. The minimum atomic E-state index is -0.961. The third-order valence-electron chi connectivity index (χ3n) is 1.89. The Morgan fingerprint density at radius 2 is 1.60 bits per heavy atom. The lowest BCUT2D eigenvalue weighted by Crippen LogP contribution is -2.35. The van der Waals surface area contributed by atoms with E-state index in [1.54, 1.807) is 6.92 Å². The van der Waals surface area contributed by atoms with Crippen molar-refractivity contribution < 1.29 is 14.4 Å². The van der Waals surface area contributed by atoms with Gasteiger partial charge < -0.3 is 14.4 Å². The van der Waals surface area contributed by atoms with E-state index < -0.39 is 5.97 Å². The van der Waals surface area contributed by atoms with E-state index in [-0.39, 0.29) is 6.42 Å². The molecule has 3 heteroatoms. The number of hydrogen-bond acceptors (Lipinski definition) is 2. The van der Waals surface area contributed by atoms with Gasteiger partial charge in [-0.3, -0.25) is 0 Å². The molecule has 0 saturated carbocycles. The van der Waals surface area contributed by atoms with Gasteiger partial charge in [0.1, 0.15) is 0 Å². The van der Waals surface area contributed by atoms with Gasteiger partial charge in [0, 0.05) is 5.97 Å². The van der Waals surface area contributed by atoms with Crippen molar-refractivity contribution in [1.82, 2.24) is 0 Å². The fraction of sp³-hybridized carbons (Fsp3) is 0.917. The first-order valence-corrected chi connectivity index (χ1v) is 5.83. The molecule has 0 atom stereocenters. The maximum atomic E-state index is 9.49. The highest BCUT2D eigenvalue weighted by atomic mass is 16.4. The molecule has 0 fully saturated rings. The molecule has 15 heavy (non-hydrogen) atoms. The SMILES string of the molecule is CCCC(=O)[O-].CCCCC[N+](C)(C)C. The van der Waals surface area contributed by atoms with Crippen molar-refractivity contribution in [2.75, 3.05) is 27.7 Å². The van der Waals surface area contributed by atoms with Gasteiger partial charge in [-0.1, -0.05) is 26.7 Å². The monoisotopic (exact) mass is 217 g/mol. The van der Waals surface area contributed by atoms with Crippen LogP contribution >= 0.6 is 0 Å². The molecule has 0 N–H and O–H groups in total. The second-order valence-electron chi connectivity index (χ2n) is 4.84. The number of carbonyl (C=O) groups excluding carboxylic acids is 1. The van der Waals surface area contributed by atoms with Crippen LogP contribution in [0.15, 0.2) is 0 Å². The summed E-state index contributed by atoms with van der Waals surface area (Å²) in [5.41, 5.74) is 0. The molecule has 0 unspecified atom stereocenters. The summed E-state index contributed by atoms with van der Waals surface area (Å²) in [7, 11) is 6.74. The molecular weight excluding hydrogens is 190 g/mol. The average molecular weight is 217 g/mol. The second kappa shape index (κ2) is 9.97. The molecule has 92 valence electrons. The van der Waals surface area contributed by atoms with Crippen molar-refractivity contribution >= 4 is 5.97 Å². The lowest BCUT2D eigenvalue weighted by Gasteiger charge is -2.23. The fourth-order valence-electron chi connectivity index (χ4n) is 1.04. The van der Waals surface area contributed by atoms with Crippen LogP contribution in [0.1, 0.15) is 46.0 Å². The van der Waals surface area contributed by atoms with Gasteiger partial charge in [0.2, 0.25) is 0 Å². The van der Waals surface area contributed by atoms with Gasteiger partial charge >= 0.3 is 0 Å². The molecule has 0 heterocycles. The van der Waals surface area contributed by atoms with Crippen molar-refractivity contribution in [3.05, 3.63) is 0 Å². The normalized spacial score (nSPS) is 10.5. The van der Waals surface area contributed by atoms with Gasteiger partial charge in [0.15, 0.2) is 0 Å². The number of hydrogen-bond donors (Lipinski definition) is 0. The molecule has 0 aliphatic rings. The Balaban J connectivity index is 0. The van der Waals surface area contributed by atoms with Gasteiger partial charge in [-0.05, 0) is 19.3 Å². The summed E-state index contributed by atoms with van der Waals surface area (Å²) in [4.78, 5) is 9.49. The van der Waals surface area contributed by atoms with Crippen LogP contribution in [0.25, 0.3) is 0 Å². The van der Waals surface area contributed by atoms with E-state index in [0.717, 1.165) is 4.48 Å². The molecule has 0 radical (unpaired) electrons. The fourth-order valence-corrected chi connectivity index (χ4v) is 1.04. The van der Waals surface area contributed by atoms with Gasteiger partial charge in [-0.2, -0.15) is 0 Å². The topological polar surface area (TPSA) is 40.1 Å². The zero-order chi connectivity index (χ0) is 12.3. The molecule has 3 nitrogen and oxygen atoms in total. The van der Waals surface area contributed by atoms with Crippen LogP contribution in [-0.2, 0) is 4.79 Å². The minimum absolute atomic E-state index is 0.181. The van der Waals surface area contributed by atoms with Crippen molar-refractivity contribution in [3.8, 4) is 0 Å². The first-order valence-electron chi connectivity index (χ1n) is 5.83. The number of carboxylic acid groups (broad SMARTS) is 1. The molecule has 0 bridgehead atoms. The van der Waals surface area contributed by atoms with Crippen LogP contribution in [0.2, 0.25) is 0 Å². The summed E-state index contributed by atoms with van der Waals surface area (Å²) < 4.78 is 1.11. The van der Waals surface area contributed by atoms with Gasteiger partial charge in [0.05, 0.1) is 27.7 Å². The lowest BCUT2D eigenvalue weighted by atomic mass is 10.2. The van der Waals surface area contributed by atoms with Crippen LogP contribution in [0, 0.1) is 0 Å². The van der Waals surface area contributed by atoms with Crippen LogP contribution in [0.3, 0.4) is 0 Å². The first-order chi connectivity index (χ1) is 6.83. The number of aliphatic carboxylic acids is 1.